The van der Waals surface area contributed by atoms with Gasteiger partial charge in [0.25, 0.3) is 5.91 Å². The molecule has 0 N–H and O–H groups in total. The van der Waals surface area contributed by atoms with Gasteiger partial charge in [0.1, 0.15) is 6.04 Å². The highest BCUT2D eigenvalue weighted by Crippen LogP contribution is 2.43. The standard InChI is InChI=1S/C14H10Cl2N2O2/c15-8-4-9(16)6-11(5-8)18-13(19)12-7-1-2-10(3-7)17(12)14(18)20/h1-2,4-7,10,12H,3H2/t7-,10+,12+/m1/s1. The molecule has 0 unspecified atom stereocenters. The first-order valence-corrected chi connectivity index (χ1v) is 7.12. The summed E-state index contributed by atoms with van der Waals surface area (Å²) < 4.78 is 0. The Hall–Kier alpha value is -1.52. The van der Waals surface area contributed by atoms with E-state index in [0.29, 0.717) is 15.7 Å². The van der Waals surface area contributed by atoms with E-state index in [1.807, 2.05) is 12.2 Å². The van der Waals surface area contributed by atoms with Crippen LogP contribution in [0.5, 0.6) is 0 Å². The van der Waals surface area contributed by atoms with Crippen molar-refractivity contribution in [3.8, 4) is 0 Å². The summed E-state index contributed by atoms with van der Waals surface area (Å²) in [6.45, 7) is 0. The molecule has 0 radical (unpaired) electrons. The predicted octanol–water partition coefficient (Wildman–Crippen LogP) is 3.09. The monoisotopic (exact) mass is 308 g/mol. The number of anilines is 1. The minimum Gasteiger partial charge on any atom is -0.305 e. The number of amides is 3. The number of hydrogen-bond donors (Lipinski definition) is 0. The minimum absolute atomic E-state index is 0.0427. The van der Waals surface area contributed by atoms with E-state index in [-0.39, 0.29) is 29.9 Å². The fourth-order valence-corrected chi connectivity index (χ4v) is 3.89. The lowest BCUT2D eigenvalue weighted by molar-refractivity contribution is -0.119. The van der Waals surface area contributed by atoms with Crippen molar-refractivity contribution in [1.82, 2.24) is 4.90 Å². The van der Waals surface area contributed by atoms with Crippen LogP contribution in [0.4, 0.5) is 10.5 Å². The van der Waals surface area contributed by atoms with Crippen molar-refractivity contribution in [3.05, 3.63) is 40.4 Å². The van der Waals surface area contributed by atoms with Crippen molar-refractivity contribution in [2.24, 2.45) is 5.92 Å². The molecule has 1 aromatic carbocycles. The zero-order valence-corrected chi connectivity index (χ0v) is 11.8. The van der Waals surface area contributed by atoms with Crippen LogP contribution in [-0.2, 0) is 4.79 Å². The maximum absolute atomic E-state index is 12.6. The zero-order chi connectivity index (χ0) is 14.0. The van der Waals surface area contributed by atoms with Gasteiger partial charge in [-0.15, -0.1) is 0 Å². The topological polar surface area (TPSA) is 40.6 Å². The summed E-state index contributed by atoms with van der Waals surface area (Å²) >= 11 is 11.9. The number of carbonyl (C=O) groups is 2. The van der Waals surface area contributed by atoms with E-state index in [1.54, 1.807) is 23.1 Å². The normalized spacial score (nSPS) is 30.6. The molecule has 3 aliphatic rings. The van der Waals surface area contributed by atoms with Crippen LogP contribution in [0.15, 0.2) is 30.4 Å². The number of carbonyl (C=O) groups excluding carboxylic acids is 2. The summed E-state index contributed by atoms with van der Waals surface area (Å²) in [4.78, 5) is 27.9. The third-order valence-corrected chi connectivity index (χ3v) is 4.58. The highest BCUT2D eigenvalue weighted by molar-refractivity contribution is 6.35. The van der Waals surface area contributed by atoms with E-state index >= 15 is 0 Å². The number of imide groups is 1. The molecule has 2 saturated heterocycles. The third kappa shape index (κ3) is 1.49. The fourth-order valence-electron chi connectivity index (χ4n) is 3.37. The molecule has 2 bridgehead atoms. The molecule has 1 aromatic rings. The molecule has 0 spiro atoms. The lowest BCUT2D eigenvalue weighted by Crippen LogP contribution is -2.38. The van der Waals surface area contributed by atoms with Crippen molar-refractivity contribution < 1.29 is 9.59 Å². The van der Waals surface area contributed by atoms with Crippen LogP contribution in [0, 0.1) is 5.92 Å². The Balaban J connectivity index is 1.78. The Kier molecular flexibility index (Phi) is 2.44. The van der Waals surface area contributed by atoms with Gasteiger partial charge in [0.05, 0.1) is 11.7 Å². The molecular weight excluding hydrogens is 299 g/mol. The Bertz CT molecular complexity index is 623. The average Bonchev–Trinajstić information content (AvgIpc) is 3.02. The van der Waals surface area contributed by atoms with E-state index in [4.69, 9.17) is 23.2 Å². The number of fused-ring (bicyclic) bond motifs is 5. The van der Waals surface area contributed by atoms with Gasteiger partial charge in [-0.1, -0.05) is 35.4 Å². The Labute approximate surface area is 125 Å². The Morgan fingerprint density at radius 2 is 1.75 bits per heavy atom. The summed E-state index contributed by atoms with van der Waals surface area (Å²) in [5.41, 5.74) is 0.436. The molecule has 0 aromatic heterocycles. The second-order valence-electron chi connectivity index (χ2n) is 5.29. The summed E-state index contributed by atoms with van der Waals surface area (Å²) in [5.74, 6) is -0.0544. The molecule has 2 aliphatic heterocycles. The van der Waals surface area contributed by atoms with Crippen molar-refractivity contribution in [1.29, 1.82) is 0 Å². The zero-order valence-electron chi connectivity index (χ0n) is 10.3. The quantitative estimate of drug-likeness (QED) is 0.591. The van der Waals surface area contributed by atoms with Gasteiger partial charge in [-0.3, -0.25) is 4.79 Å². The third-order valence-electron chi connectivity index (χ3n) is 4.15. The first-order valence-electron chi connectivity index (χ1n) is 6.37. The van der Waals surface area contributed by atoms with Gasteiger partial charge in [-0.2, -0.15) is 0 Å². The first kappa shape index (κ1) is 12.2. The SMILES string of the molecule is O=C1[C@@H]2[C@@H]3C=C[C@@H](C3)N2C(=O)N1c1cc(Cl)cc(Cl)c1. The summed E-state index contributed by atoms with van der Waals surface area (Å²) in [7, 11) is 0. The second kappa shape index (κ2) is 3.99. The van der Waals surface area contributed by atoms with Crippen LogP contribution >= 0.6 is 23.2 Å². The molecule has 102 valence electrons. The van der Waals surface area contributed by atoms with Gasteiger partial charge in [-0.05, 0) is 24.6 Å². The lowest BCUT2D eigenvalue weighted by atomic mass is 10.0. The number of benzene rings is 1. The van der Waals surface area contributed by atoms with Crippen LogP contribution in [0.2, 0.25) is 10.0 Å². The number of nitrogens with zero attached hydrogens (tertiary/aromatic N) is 2. The van der Waals surface area contributed by atoms with Gasteiger partial charge in [0, 0.05) is 16.0 Å². The molecule has 4 rings (SSSR count). The fraction of sp³-hybridized carbons (Fsp3) is 0.286. The smallest absolute Gasteiger partial charge is 0.305 e. The molecule has 0 saturated carbocycles. The Morgan fingerprint density at radius 1 is 1.05 bits per heavy atom. The molecular formula is C14H10Cl2N2O2. The summed E-state index contributed by atoms with van der Waals surface area (Å²) in [5, 5.41) is 0.808. The van der Waals surface area contributed by atoms with Crippen molar-refractivity contribution in [3.63, 3.8) is 0 Å². The predicted molar refractivity (Wildman–Crippen MR) is 76.0 cm³/mol. The molecule has 2 fully saturated rings. The first-order chi connectivity index (χ1) is 9.56. The molecule has 6 heteroatoms. The molecule has 4 nitrogen and oxygen atoms in total. The van der Waals surface area contributed by atoms with Crippen molar-refractivity contribution in [2.75, 3.05) is 4.90 Å². The number of urea groups is 1. The van der Waals surface area contributed by atoms with Gasteiger partial charge < -0.3 is 4.90 Å². The van der Waals surface area contributed by atoms with Gasteiger partial charge in [-0.25, -0.2) is 9.69 Å². The van der Waals surface area contributed by atoms with Crippen LogP contribution in [0.1, 0.15) is 6.42 Å². The highest BCUT2D eigenvalue weighted by Gasteiger charge is 2.57. The van der Waals surface area contributed by atoms with Crippen molar-refractivity contribution >= 4 is 40.8 Å². The molecule has 2 heterocycles. The second-order valence-corrected chi connectivity index (χ2v) is 6.16. The van der Waals surface area contributed by atoms with Gasteiger partial charge in [0.2, 0.25) is 0 Å². The maximum atomic E-state index is 12.6. The van der Waals surface area contributed by atoms with E-state index in [1.165, 1.54) is 4.90 Å². The lowest BCUT2D eigenvalue weighted by Gasteiger charge is -2.22. The van der Waals surface area contributed by atoms with Crippen LogP contribution in [-0.4, -0.2) is 28.9 Å². The van der Waals surface area contributed by atoms with Gasteiger partial charge in [0.15, 0.2) is 0 Å². The van der Waals surface area contributed by atoms with Crippen molar-refractivity contribution in [2.45, 2.75) is 18.5 Å². The molecule has 20 heavy (non-hydrogen) atoms. The number of hydrogen-bond acceptors (Lipinski definition) is 2. The van der Waals surface area contributed by atoms with Gasteiger partial charge >= 0.3 is 6.03 Å². The van der Waals surface area contributed by atoms with E-state index < -0.39 is 0 Å². The molecule has 1 aliphatic carbocycles. The van der Waals surface area contributed by atoms with E-state index in [2.05, 4.69) is 0 Å². The highest BCUT2D eigenvalue weighted by atomic mass is 35.5. The van der Waals surface area contributed by atoms with Crippen LogP contribution < -0.4 is 4.90 Å². The number of halogens is 2. The van der Waals surface area contributed by atoms with E-state index in [0.717, 1.165) is 6.42 Å². The van der Waals surface area contributed by atoms with E-state index in [9.17, 15) is 9.59 Å². The molecule has 3 atom stereocenters. The largest absolute Gasteiger partial charge is 0.332 e. The number of rotatable bonds is 1. The summed E-state index contributed by atoms with van der Waals surface area (Å²) in [6.07, 6.45) is 4.89. The minimum atomic E-state index is -0.366. The van der Waals surface area contributed by atoms with Crippen LogP contribution in [0.25, 0.3) is 0 Å². The molecule has 3 amide bonds. The average molecular weight is 309 g/mol. The Morgan fingerprint density at radius 3 is 2.40 bits per heavy atom. The van der Waals surface area contributed by atoms with Crippen LogP contribution in [0.3, 0.4) is 0 Å². The summed E-state index contributed by atoms with van der Waals surface area (Å²) in [6, 6.07) is 4.14. The maximum Gasteiger partial charge on any atom is 0.332 e.